The van der Waals surface area contributed by atoms with E-state index in [0.717, 1.165) is 27.8 Å². The second-order valence-electron chi connectivity index (χ2n) is 17.0. The Labute approximate surface area is 412 Å². The molecule has 1 saturated heterocycles. The highest BCUT2D eigenvalue weighted by Crippen LogP contribution is 2.41. The number of benzene rings is 7. The molecule has 15 nitrogen and oxygen atoms in total. The van der Waals surface area contributed by atoms with Crippen LogP contribution in [0.4, 0.5) is 15.8 Å². The number of pyridine rings is 1. The summed E-state index contributed by atoms with van der Waals surface area (Å²) in [6, 6.07) is 50.4. The average molecular weight is 985 g/mol. The van der Waals surface area contributed by atoms with Crippen molar-refractivity contribution >= 4 is 55.2 Å². The number of hydrogen-bond acceptors (Lipinski definition) is 10. The van der Waals surface area contributed by atoms with Gasteiger partial charge in [-0.1, -0.05) is 121 Å². The standard InChI is InChI=1S/C55H45FN6O9S/c1-60-47-28-40(21-24-45(47)62(55(60)66)46-25-26-50(70-33-36-13-7-3-8-14-36)58-54(46)71-34-37-15-9-4-10-16-37)38-17-19-39(20-18-38)44(31-63)53(65)57-42-22-23-43-41(27-42)29-48(69-32-35-11-5-2-6-12-35)52(51(43)56)61-30-49(64)59-72(61,67)68/h2-29,44,63H,30-34H2,1H3,(H,57,65)(H,59,64)/t44-/m1/s1. The molecule has 2 amide bonds. The lowest BCUT2D eigenvalue weighted by Gasteiger charge is -2.21. The molecule has 10 rings (SSSR count). The molecule has 0 unspecified atom stereocenters. The minimum absolute atomic E-state index is 0.0160. The molecule has 9 aromatic rings. The van der Waals surface area contributed by atoms with Gasteiger partial charge in [0.05, 0.1) is 23.6 Å². The Hall–Kier alpha value is -8.80. The lowest BCUT2D eigenvalue weighted by molar-refractivity contribution is -0.118. The quantitative estimate of drug-likeness (QED) is 0.0851. The normalized spacial score (nSPS) is 13.5. The number of nitrogens with zero attached hydrogens (tertiary/aromatic N) is 4. The molecular formula is C55H45FN6O9S. The van der Waals surface area contributed by atoms with Crippen LogP contribution < -0.4 is 34.2 Å². The molecule has 362 valence electrons. The summed E-state index contributed by atoms with van der Waals surface area (Å²) in [5.41, 5.74) is 5.95. The molecule has 1 aliphatic heterocycles. The van der Waals surface area contributed by atoms with Crippen molar-refractivity contribution in [2.45, 2.75) is 25.7 Å². The van der Waals surface area contributed by atoms with Gasteiger partial charge in [-0.2, -0.15) is 13.4 Å². The van der Waals surface area contributed by atoms with Gasteiger partial charge in [0, 0.05) is 24.2 Å². The van der Waals surface area contributed by atoms with Crippen LogP contribution in [0.15, 0.2) is 175 Å². The second-order valence-corrected chi connectivity index (χ2v) is 18.6. The van der Waals surface area contributed by atoms with Crippen LogP contribution in [0.25, 0.3) is 38.6 Å². The fraction of sp³-hybridized carbons (Fsp3) is 0.127. The predicted molar refractivity (Wildman–Crippen MR) is 271 cm³/mol. The van der Waals surface area contributed by atoms with E-state index in [4.69, 9.17) is 19.2 Å². The molecule has 1 aliphatic rings. The van der Waals surface area contributed by atoms with Crippen LogP contribution in [0.2, 0.25) is 0 Å². The predicted octanol–water partition coefficient (Wildman–Crippen LogP) is 8.32. The third kappa shape index (κ3) is 9.57. The Bertz CT molecular complexity index is 3670. The van der Waals surface area contributed by atoms with Gasteiger partial charge in [0.15, 0.2) is 5.82 Å². The van der Waals surface area contributed by atoms with Crippen LogP contribution in [0, 0.1) is 5.82 Å². The van der Waals surface area contributed by atoms with Crippen molar-refractivity contribution in [3.8, 4) is 34.3 Å². The molecule has 17 heteroatoms. The number of aryl methyl sites for hydroxylation is 1. The summed E-state index contributed by atoms with van der Waals surface area (Å²) < 4.78 is 66.1. The molecule has 7 aromatic carbocycles. The van der Waals surface area contributed by atoms with Gasteiger partial charge in [0.1, 0.15) is 43.5 Å². The number of ether oxygens (including phenoxy) is 3. The number of aromatic nitrogens is 3. The van der Waals surface area contributed by atoms with Crippen molar-refractivity contribution in [1.82, 2.24) is 18.8 Å². The lowest BCUT2D eigenvalue weighted by atomic mass is 9.95. The van der Waals surface area contributed by atoms with Crippen molar-refractivity contribution in [3.63, 3.8) is 0 Å². The maximum absolute atomic E-state index is 16.4. The number of amides is 2. The van der Waals surface area contributed by atoms with E-state index in [0.29, 0.717) is 39.1 Å². The smallest absolute Gasteiger partial charge is 0.333 e. The number of imidazole rings is 1. The number of carbonyl (C=O) groups excluding carboxylic acids is 2. The third-order valence-electron chi connectivity index (χ3n) is 12.3. The van der Waals surface area contributed by atoms with E-state index in [9.17, 15) is 27.9 Å². The number of nitrogens with one attached hydrogen (secondary N) is 2. The molecule has 0 radical (unpaired) electrons. The van der Waals surface area contributed by atoms with Gasteiger partial charge < -0.3 is 24.6 Å². The summed E-state index contributed by atoms with van der Waals surface area (Å²) >= 11 is 0. The van der Waals surface area contributed by atoms with Gasteiger partial charge in [-0.05, 0) is 81.2 Å². The third-order valence-corrected chi connectivity index (χ3v) is 13.7. The Morgan fingerprint density at radius 2 is 1.36 bits per heavy atom. The second kappa shape index (κ2) is 19.9. The number of halogens is 1. The Kier molecular flexibility index (Phi) is 13.0. The molecule has 1 atom stereocenters. The first kappa shape index (κ1) is 46.9. The molecule has 0 spiro atoms. The molecule has 3 heterocycles. The van der Waals surface area contributed by atoms with Gasteiger partial charge in [0.2, 0.25) is 17.7 Å². The summed E-state index contributed by atoms with van der Waals surface area (Å²) in [4.78, 5) is 44.7. The first-order chi connectivity index (χ1) is 34.9. The number of aliphatic hydroxyl groups excluding tert-OH is 1. The van der Waals surface area contributed by atoms with Crippen molar-refractivity contribution in [2.75, 3.05) is 22.8 Å². The highest BCUT2D eigenvalue weighted by molar-refractivity contribution is 7.92. The maximum Gasteiger partial charge on any atom is 0.333 e. The van der Waals surface area contributed by atoms with E-state index in [1.165, 1.54) is 24.3 Å². The van der Waals surface area contributed by atoms with Crippen LogP contribution >= 0.6 is 0 Å². The molecule has 2 aromatic heterocycles. The Morgan fingerprint density at radius 3 is 1.99 bits per heavy atom. The fourth-order valence-electron chi connectivity index (χ4n) is 8.59. The minimum Gasteiger partial charge on any atom is -0.487 e. The van der Waals surface area contributed by atoms with E-state index in [1.54, 1.807) is 64.7 Å². The summed E-state index contributed by atoms with van der Waals surface area (Å²) in [6.45, 7) is -0.694. The van der Waals surface area contributed by atoms with E-state index in [2.05, 4.69) is 5.32 Å². The first-order valence-electron chi connectivity index (χ1n) is 22.8. The van der Waals surface area contributed by atoms with Crippen molar-refractivity contribution in [1.29, 1.82) is 0 Å². The van der Waals surface area contributed by atoms with Gasteiger partial charge in [-0.15, -0.1) is 0 Å². The van der Waals surface area contributed by atoms with Gasteiger partial charge in [0.25, 0.3) is 5.91 Å². The summed E-state index contributed by atoms with van der Waals surface area (Å²) in [6.07, 6.45) is 0. The molecule has 0 saturated carbocycles. The SMILES string of the molecule is Cn1c(=O)n(-c2ccc(OCc3ccccc3)nc2OCc2ccccc2)c2ccc(-c3ccc([C@@H](CO)C(=O)Nc4ccc5c(F)c(N6CC(=O)NS6(=O)=O)c(OCc6ccccc6)cc5c4)cc3)cc21. The Morgan fingerprint density at radius 1 is 0.736 bits per heavy atom. The summed E-state index contributed by atoms with van der Waals surface area (Å²) in [7, 11) is -2.70. The van der Waals surface area contributed by atoms with Crippen molar-refractivity contribution < 1.29 is 41.7 Å². The first-order valence-corrected chi connectivity index (χ1v) is 24.2. The zero-order valence-corrected chi connectivity index (χ0v) is 39.4. The molecule has 0 aliphatic carbocycles. The number of hydrogen-bond donors (Lipinski definition) is 3. The van der Waals surface area contributed by atoms with Crippen molar-refractivity contribution in [3.05, 3.63) is 208 Å². The van der Waals surface area contributed by atoms with Gasteiger partial charge >= 0.3 is 15.9 Å². The number of aliphatic hydroxyl groups is 1. The summed E-state index contributed by atoms with van der Waals surface area (Å²) in [5.74, 6) is -2.87. The highest BCUT2D eigenvalue weighted by atomic mass is 32.2. The largest absolute Gasteiger partial charge is 0.487 e. The minimum atomic E-state index is -4.40. The van der Waals surface area contributed by atoms with Crippen molar-refractivity contribution in [2.24, 2.45) is 7.05 Å². The zero-order valence-electron chi connectivity index (χ0n) is 38.6. The van der Waals surface area contributed by atoms with Crippen LogP contribution in [0.5, 0.6) is 17.5 Å². The topological polar surface area (TPSA) is 183 Å². The highest BCUT2D eigenvalue weighted by Gasteiger charge is 2.38. The van der Waals surface area contributed by atoms with Crippen LogP contribution in [-0.2, 0) is 46.7 Å². The molecule has 0 bridgehead atoms. The van der Waals surface area contributed by atoms with Crippen LogP contribution in [0.3, 0.4) is 0 Å². The Balaban J connectivity index is 0.892. The average Bonchev–Trinajstić information content (AvgIpc) is 3.82. The molecule has 3 N–H and O–H groups in total. The number of carbonyl (C=O) groups is 2. The van der Waals surface area contributed by atoms with E-state index < -0.39 is 52.6 Å². The summed E-state index contributed by atoms with van der Waals surface area (Å²) in [5, 5.41) is 13.6. The molecule has 1 fully saturated rings. The maximum atomic E-state index is 16.4. The lowest BCUT2D eigenvalue weighted by Crippen LogP contribution is -2.30. The zero-order chi connectivity index (χ0) is 49.9. The van der Waals surface area contributed by atoms with E-state index in [-0.39, 0.29) is 47.0 Å². The van der Waals surface area contributed by atoms with E-state index in [1.807, 2.05) is 102 Å². The monoisotopic (exact) mass is 984 g/mol. The van der Waals surface area contributed by atoms with Gasteiger partial charge in [-0.3, -0.25) is 18.7 Å². The van der Waals surface area contributed by atoms with Crippen LogP contribution in [0.1, 0.15) is 28.2 Å². The molecule has 72 heavy (non-hydrogen) atoms. The number of rotatable bonds is 16. The van der Waals surface area contributed by atoms with Gasteiger partial charge in [-0.25, -0.2) is 18.2 Å². The number of anilines is 2. The fourth-order valence-corrected chi connectivity index (χ4v) is 9.75. The van der Waals surface area contributed by atoms with Crippen LogP contribution in [-0.4, -0.2) is 52.6 Å². The number of fused-ring (bicyclic) bond motifs is 2. The molecular weight excluding hydrogens is 940 g/mol. The van der Waals surface area contributed by atoms with E-state index >= 15 is 4.39 Å².